The molecule has 0 radical (unpaired) electrons. The van der Waals surface area contributed by atoms with Gasteiger partial charge in [0.15, 0.2) is 0 Å². The summed E-state index contributed by atoms with van der Waals surface area (Å²) < 4.78 is 3.36. The van der Waals surface area contributed by atoms with Crippen molar-refractivity contribution >= 4 is 28.5 Å². The van der Waals surface area contributed by atoms with Gasteiger partial charge in [-0.1, -0.05) is 31.9 Å². The van der Waals surface area contributed by atoms with Crippen molar-refractivity contribution in [1.29, 1.82) is 0 Å². The molecule has 0 fully saturated rings. The summed E-state index contributed by atoms with van der Waals surface area (Å²) in [5.74, 6) is 1.81. The van der Waals surface area contributed by atoms with Crippen LogP contribution in [0.15, 0.2) is 24.4 Å². The number of hydrogen-bond acceptors (Lipinski definition) is 3. The highest BCUT2D eigenvalue weighted by molar-refractivity contribution is 8.00. The second-order valence-corrected chi connectivity index (χ2v) is 4.77. The maximum absolute atomic E-state index is 4.03. The van der Waals surface area contributed by atoms with Gasteiger partial charge >= 0.3 is 0 Å². The van der Waals surface area contributed by atoms with E-state index in [1.807, 2.05) is 18.3 Å². The van der Waals surface area contributed by atoms with Crippen molar-refractivity contribution in [3.05, 3.63) is 24.4 Å². The van der Waals surface area contributed by atoms with Crippen LogP contribution < -0.4 is 4.72 Å². The molecule has 80 valence electrons. The lowest BCUT2D eigenvalue weighted by Gasteiger charge is -2.07. The van der Waals surface area contributed by atoms with E-state index in [1.54, 1.807) is 11.9 Å². The maximum Gasteiger partial charge on any atom is 0.0671 e. The van der Waals surface area contributed by atoms with Crippen LogP contribution in [0.5, 0.6) is 0 Å². The number of anilines is 1. The lowest BCUT2D eigenvalue weighted by atomic mass is 10.2. The van der Waals surface area contributed by atoms with Crippen molar-refractivity contribution in [3.63, 3.8) is 0 Å². The highest BCUT2D eigenvalue weighted by Crippen LogP contribution is 2.24. The molecule has 1 aromatic heterocycles. The second-order valence-electron chi connectivity index (χ2n) is 3.94. The van der Waals surface area contributed by atoms with E-state index in [2.05, 4.69) is 34.8 Å². The highest BCUT2D eigenvalue weighted by atomic mass is 32.2. The summed E-state index contributed by atoms with van der Waals surface area (Å²) in [5, 5.41) is 8.14. The van der Waals surface area contributed by atoms with Crippen molar-refractivity contribution in [2.24, 2.45) is 5.92 Å². The molecular weight excluding hydrogens is 206 g/mol. The third-order valence-corrected chi connectivity index (χ3v) is 3.28. The quantitative estimate of drug-likeness (QED) is 0.778. The molecule has 0 aliphatic rings. The van der Waals surface area contributed by atoms with E-state index < -0.39 is 0 Å². The first-order valence-electron chi connectivity index (χ1n) is 5.07. The minimum absolute atomic E-state index is 0.700. The van der Waals surface area contributed by atoms with Gasteiger partial charge in [0.05, 0.1) is 17.4 Å². The minimum Gasteiger partial charge on any atom is -0.329 e. The fourth-order valence-electron chi connectivity index (χ4n) is 1.34. The molecule has 2 rings (SSSR count). The Hall–Kier alpha value is -1.16. The normalized spacial score (nSPS) is 11.1. The smallest absolute Gasteiger partial charge is 0.0671 e. The van der Waals surface area contributed by atoms with Gasteiger partial charge in [-0.3, -0.25) is 5.10 Å². The molecule has 0 saturated heterocycles. The van der Waals surface area contributed by atoms with E-state index in [1.165, 1.54) is 0 Å². The number of rotatable bonds is 4. The average Bonchev–Trinajstić information content (AvgIpc) is 2.65. The van der Waals surface area contributed by atoms with Gasteiger partial charge in [-0.2, -0.15) is 5.10 Å². The van der Waals surface area contributed by atoms with Crippen molar-refractivity contribution in [3.8, 4) is 0 Å². The monoisotopic (exact) mass is 221 g/mol. The van der Waals surface area contributed by atoms with Crippen LogP contribution in [0.25, 0.3) is 10.9 Å². The Morgan fingerprint density at radius 3 is 3.13 bits per heavy atom. The van der Waals surface area contributed by atoms with Gasteiger partial charge in [-0.15, -0.1) is 0 Å². The SMILES string of the molecule is CC(C)CSNc1cccc2[nH]ncc12. The molecule has 0 atom stereocenters. The molecule has 0 aliphatic carbocycles. The predicted molar refractivity (Wildman–Crippen MR) is 67.0 cm³/mol. The molecule has 0 saturated carbocycles. The third-order valence-electron chi connectivity index (χ3n) is 2.08. The summed E-state index contributed by atoms with van der Waals surface area (Å²) in [7, 11) is 0. The van der Waals surface area contributed by atoms with Crippen LogP contribution in [0.4, 0.5) is 5.69 Å². The van der Waals surface area contributed by atoms with Crippen LogP contribution in [0.1, 0.15) is 13.8 Å². The number of aromatic nitrogens is 2. The topological polar surface area (TPSA) is 40.7 Å². The first kappa shape index (κ1) is 10.4. The third kappa shape index (κ3) is 2.45. The van der Waals surface area contributed by atoms with E-state index in [4.69, 9.17) is 0 Å². The summed E-state index contributed by atoms with van der Waals surface area (Å²) in [4.78, 5) is 0. The maximum atomic E-state index is 4.03. The lowest BCUT2D eigenvalue weighted by molar-refractivity contribution is 0.751. The Labute approximate surface area is 93.8 Å². The van der Waals surface area contributed by atoms with Gasteiger partial charge in [0.2, 0.25) is 0 Å². The Kier molecular flexibility index (Phi) is 3.16. The van der Waals surface area contributed by atoms with Crippen LogP contribution in [-0.4, -0.2) is 16.0 Å². The van der Waals surface area contributed by atoms with E-state index in [0.29, 0.717) is 5.92 Å². The zero-order valence-electron chi connectivity index (χ0n) is 8.95. The zero-order chi connectivity index (χ0) is 10.7. The van der Waals surface area contributed by atoms with Crippen molar-refractivity contribution in [1.82, 2.24) is 10.2 Å². The molecule has 1 aromatic carbocycles. The van der Waals surface area contributed by atoms with Gasteiger partial charge < -0.3 is 4.72 Å². The van der Waals surface area contributed by atoms with E-state index in [0.717, 1.165) is 22.3 Å². The number of hydrogen-bond donors (Lipinski definition) is 2. The molecule has 0 amide bonds. The molecule has 0 aliphatic heterocycles. The fraction of sp³-hybridized carbons (Fsp3) is 0.364. The number of fused-ring (bicyclic) bond motifs is 1. The van der Waals surface area contributed by atoms with Crippen LogP contribution in [0, 0.1) is 5.92 Å². The summed E-state index contributed by atoms with van der Waals surface area (Å²) in [6, 6.07) is 6.13. The molecule has 0 unspecified atom stereocenters. The largest absolute Gasteiger partial charge is 0.329 e. The van der Waals surface area contributed by atoms with Crippen molar-refractivity contribution < 1.29 is 0 Å². The number of H-pyrrole nitrogens is 1. The van der Waals surface area contributed by atoms with Crippen LogP contribution in [-0.2, 0) is 0 Å². The fourth-order valence-corrected chi connectivity index (χ4v) is 2.09. The number of nitrogens with one attached hydrogen (secondary N) is 2. The zero-order valence-corrected chi connectivity index (χ0v) is 9.77. The Bertz CT molecular complexity index is 436. The summed E-state index contributed by atoms with van der Waals surface area (Å²) in [5.41, 5.74) is 2.21. The number of nitrogens with zero attached hydrogens (tertiary/aromatic N) is 1. The molecule has 1 heterocycles. The predicted octanol–water partition coefficient (Wildman–Crippen LogP) is 3.28. The van der Waals surface area contributed by atoms with Gasteiger partial charge in [0, 0.05) is 11.1 Å². The average molecular weight is 221 g/mol. The summed E-state index contributed by atoms with van der Waals surface area (Å²) in [6.07, 6.45) is 1.85. The summed E-state index contributed by atoms with van der Waals surface area (Å²) >= 11 is 1.74. The molecule has 4 heteroatoms. The van der Waals surface area contributed by atoms with Gasteiger partial charge in [-0.05, 0) is 18.1 Å². The van der Waals surface area contributed by atoms with Gasteiger partial charge in [0.1, 0.15) is 0 Å². The Morgan fingerprint density at radius 1 is 1.47 bits per heavy atom. The first-order valence-corrected chi connectivity index (χ1v) is 6.06. The van der Waals surface area contributed by atoms with Crippen LogP contribution in [0.2, 0.25) is 0 Å². The van der Waals surface area contributed by atoms with Crippen LogP contribution >= 0.6 is 11.9 Å². The lowest BCUT2D eigenvalue weighted by Crippen LogP contribution is -1.95. The standard InChI is InChI=1S/C11H15N3S/c1-8(2)7-15-14-11-5-3-4-10-9(11)6-12-13-10/h3-6,8,14H,7H2,1-2H3,(H,12,13). The van der Waals surface area contributed by atoms with Crippen molar-refractivity contribution in [2.75, 3.05) is 10.5 Å². The van der Waals surface area contributed by atoms with E-state index in [9.17, 15) is 0 Å². The molecule has 3 nitrogen and oxygen atoms in total. The molecular formula is C11H15N3S. The highest BCUT2D eigenvalue weighted by Gasteiger charge is 2.02. The number of aromatic amines is 1. The molecule has 0 bridgehead atoms. The molecule has 0 spiro atoms. The van der Waals surface area contributed by atoms with E-state index in [-0.39, 0.29) is 0 Å². The first-order chi connectivity index (χ1) is 7.27. The molecule has 2 N–H and O–H groups in total. The number of benzene rings is 1. The second kappa shape index (κ2) is 4.57. The molecule has 2 aromatic rings. The summed E-state index contributed by atoms with van der Waals surface area (Å²) in [6.45, 7) is 4.43. The van der Waals surface area contributed by atoms with Crippen LogP contribution in [0.3, 0.4) is 0 Å². The minimum atomic E-state index is 0.700. The Morgan fingerprint density at radius 2 is 2.33 bits per heavy atom. The Balaban J connectivity index is 2.10. The van der Waals surface area contributed by atoms with Crippen molar-refractivity contribution in [2.45, 2.75) is 13.8 Å². The van der Waals surface area contributed by atoms with Gasteiger partial charge in [0.25, 0.3) is 0 Å². The van der Waals surface area contributed by atoms with E-state index >= 15 is 0 Å². The molecule has 15 heavy (non-hydrogen) atoms. The van der Waals surface area contributed by atoms with Gasteiger partial charge in [-0.25, -0.2) is 0 Å².